The zero-order chi connectivity index (χ0) is 14.0. The van der Waals surface area contributed by atoms with Gasteiger partial charge in [-0.2, -0.15) is 0 Å². The first-order valence-electron chi connectivity index (χ1n) is 5.93. The van der Waals surface area contributed by atoms with Gasteiger partial charge in [-0.05, 0) is 47.3 Å². The average Bonchev–Trinajstić information content (AvgIpc) is 2.84. The van der Waals surface area contributed by atoms with Crippen LogP contribution in [0.2, 0.25) is 0 Å². The van der Waals surface area contributed by atoms with Gasteiger partial charge in [0.15, 0.2) is 6.10 Å². The summed E-state index contributed by atoms with van der Waals surface area (Å²) < 4.78 is 6.02. The molecule has 6 heteroatoms. The van der Waals surface area contributed by atoms with Crippen LogP contribution >= 0.6 is 15.9 Å². The number of amides is 1. The summed E-state index contributed by atoms with van der Waals surface area (Å²) in [6.45, 7) is 1.92. The van der Waals surface area contributed by atoms with Crippen molar-refractivity contribution in [2.75, 3.05) is 5.32 Å². The van der Waals surface area contributed by atoms with Crippen LogP contribution in [0, 0.1) is 6.92 Å². The number of hydrogen-bond acceptors (Lipinski definition) is 3. The van der Waals surface area contributed by atoms with Crippen molar-refractivity contribution < 1.29 is 19.4 Å². The fourth-order valence-electron chi connectivity index (χ4n) is 1.97. The van der Waals surface area contributed by atoms with Crippen LogP contribution in [-0.4, -0.2) is 29.2 Å². The van der Waals surface area contributed by atoms with E-state index in [2.05, 4.69) is 21.2 Å². The Kier molecular flexibility index (Phi) is 4.21. The number of carboxylic acids is 1. The van der Waals surface area contributed by atoms with Crippen molar-refractivity contribution in [2.24, 2.45) is 0 Å². The molecule has 1 aromatic carbocycles. The molecule has 1 saturated heterocycles. The Bertz CT molecular complexity index is 517. The van der Waals surface area contributed by atoms with Crippen LogP contribution in [0.15, 0.2) is 22.7 Å². The molecule has 2 N–H and O–H groups in total. The standard InChI is InChI=1S/C13H14BrNO4/c1-7-3-2-4-8(11(7)14)15-12(16)9-5-6-10(19-9)13(17)18/h2-4,9-10H,5-6H2,1H3,(H,15,16)(H,17,18). The smallest absolute Gasteiger partial charge is 0.332 e. The highest BCUT2D eigenvalue weighted by atomic mass is 79.9. The Morgan fingerprint density at radius 2 is 2.05 bits per heavy atom. The molecule has 0 saturated carbocycles. The van der Waals surface area contributed by atoms with Crippen molar-refractivity contribution in [3.63, 3.8) is 0 Å². The zero-order valence-electron chi connectivity index (χ0n) is 10.4. The summed E-state index contributed by atoms with van der Waals surface area (Å²) in [5, 5.41) is 11.6. The normalized spacial score (nSPS) is 22.2. The molecule has 2 unspecified atom stereocenters. The number of ether oxygens (including phenoxy) is 1. The Morgan fingerprint density at radius 3 is 2.68 bits per heavy atom. The molecule has 1 heterocycles. The molecule has 1 aliphatic heterocycles. The number of aryl methyl sites for hydroxylation is 1. The van der Waals surface area contributed by atoms with Crippen molar-refractivity contribution in [2.45, 2.75) is 32.0 Å². The summed E-state index contributed by atoms with van der Waals surface area (Å²) in [4.78, 5) is 22.8. The first-order chi connectivity index (χ1) is 8.99. The van der Waals surface area contributed by atoms with Crippen molar-refractivity contribution in [3.8, 4) is 0 Å². The Hall–Kier alpha value is -1.40. The molecule has 0 aromatic heterocycles. The maximum absolute atomic E-state index is 12.0. The van der Waals surface area contributed by atoms with Crippen LogP contribution in [0.4, 0.5) is 5.69 Å². The van der Waals surface area contributed by atoms with E-state index in [1.807, 2.05) is 19.1 Å². The minimum absolute atomic E-state index is 0.310. The number of nitrogens with one attached hydrogen (secondary N) is 1. The molecular weight excluding hydrogens is 314 g/mol. The molecule has 0 aliphatic carbocycles. The maximum atomic E-state index is 12.0. The van der Waals surface area contributed by atoms with Gasteiger partial charge in [-0.3, -0.25) is 4.79 Å². The van der Waals surface area contributed by atoms with Gasteiger partial charge in [0.2, 0.25) is 0 Å². The van der Waals surface area contributed by atoms with Gasteiger partial charge in [-0.25, -0.2) is 4.79 Å². The van der Waals surface area contributed by atoms with E-state index >= 15 is 0 Å². The summed E-state index contributed by atoms with van der Waals surface area (Å²) in [7, 11) is 0. The minimum Gasteiger partial charge on any atom is -0.479 e. The van der Waals surface area contributed by atoms with Gasteiger partial charge in [0, 0.05) is 4.47 Å². The predicted molar refractivity (Wildman–Crippen MR) is 73.0 cm³/mol. The van der Waals surface area contributed by atoms with Gasteiger partial charge in [0.05, 0.1) is 5.69 Å². The van der Waals surface area contributed by atoms with E-state index in [1.165, 1.54) is 0 Å². The molecule has 0 bridgehead atoms. The molecule has 1 aromatic rings. The maximum Gasteiger partial charge on any atom is 0.332 e. The Labute approximate surface area is 119 Å². The lowest BCUT2D eigenvalue weighted by Crippen LogP contribution is -2.30. The number of hydrogen-bond donors (Lipinski definition) is 2. The monoisotopic (exact) mass is 327 g/mol. The number of benzene rings is 1. The highest BCUT2D eigenvalue weighted by Gasteiger charge is 2.34. The van der Waals surface area contributed by atoms with Crippen LogP contribution in [0.5, 0.6) is 0 Å². The number of anilines is 1. The van der Waals surface area contributed by atoms with E-state index in [0.29, 0.717) is 18.5 Å². The summed E-state index contributed by atoms with van der Waals surface area (Å²) in [6, 6.07) is 5.54. The minimum atomic E-state index is -1.02. The molecule has 2 rings (SSSR count). The second kappa shape index (κ2) is 5.71. The second-order valence-electron chi connectivity index (χ2n) is 4.45. The zero-order valence-corrected chi connectivity index (χ0v) is 11.9. The first-order valence-corrected chi connectivity index (χ1v) is 6.72. The fourth-order valence-corrected chi connectivity index (χ4v) is 2.33. The van der Waals surface area contributed by atoms with Crippen LogP contribution in [0.1, 0.15) is 18.4 Å². The van der Waals surface area contributed by atoms with E-state index in [9.17, 15) is 9.59 Å². The van der Waals surface area contributed by atoms with Crippen LogP contribution in [-0.2, 0) is 14.3 Å². The molecular formula is C13H14BrNO4. The van der Waals surface area contributed by atoms with Crippen LogP contribution < -0.4 is 5.32 Å². The van der Waals surface area contributed by atoms with E-state index in [-0.39, 0.29) is 5.91 Å². The summed E-state index contributed by atoms with van der Waals surface area (Å²) in [6.07, 6.45) is -0.792. The summed E-state index contributed by atoms with van der Waals surface area (Å²) >= 11 is 3.40. The molecule has 1 amide bonds. The van der Waals surface area contributed by atoms with Crippen molar-refractivity contribution in [1.29, 1.82) is 0 Å². The van der Waals surface area contributed by atoms with Gasteiger partial charge in [-0.1, -0.05) is 12.1 Å². The Balaban J connectivity index is 2.02. The summed E-state index contributed by atoms with van der Waals surface area (Å²) in [5.41, 5.74) is 1.67. The van der Waals surface area contributed by atoms with Crippen LogP contribution in [0.25, 0.3) is 0 Å². The lowest BCUT2D eigenvalue weighted by atomic mass is 10.1. The van der Waals surface area contributed by atoms with Crippen molar-refractivity contribution in [3.05, 3.63) is 28.2 Å². The third kappa shape index (κ3) is 3.13. The van der Waals surface area contributed by atoms with Gasteiger partial charge >= 0.3 is 5.97 Å². The molecule has 5 nitrogen and oxygen atoms in total. The molecule has 0 radical (unpaired) electrons. The number of rotatable bonds is 3. The molecule has 2 atom stereocenters. The third-order valence-electron chi connectivity index (χ3n) is 3.04. The number of aliphatic carboxylic acids is 1. The quantitative estimate of drug-likeness (QED) is 0.893. The highest BCUT2D eigenvalue weighted by molar-refractivity contribution is 9.10. The lowest BCUT2D eigenvalue weighted by molar-refractivity contribution is -0.150. The molecule has 1 fully saturated rings. The lowest BCUT2D eigenvalue weighted by Gasteiger charge is -2.13. The average molecular weight is 328 g/mol. The SMILES string of the molecule is Cc1cccc(NC(=O)C2CCC(C(=O)O)O2)c1Br. The van der Waals surface area contributed by atoms with Crippen molar-refractivity contribution >= 4 is 33.5 Å². The van der Waals surface area contributed by atoms with E-state index in [0.717, 1.165) is 10.0 Å². The van der Waals surface area contributed by atoms with E-state index in [4.69, 9.17) is 9.84 Å². The predicted octanol–water partition coefficient (Wildman–Crippen LogP) is 2.33. The van der Waals surface area contributed by atoms with E-state index < -0.39 is 18.2 Å². The number of carbonyl (C=O) groups is 2. The summed E-state index contributed by atoms with van der Waals surface area (Å²) in [5.74, 6) is -1.33. The molecule has 0 spiro atoms. The number of carboxylic acid groups (broad SMARTS) is 1. The third-order valence-corrected chi connectivity index (χ3v) is 4.09. The largest absolute Gasteiger partial charge is 0.479 e. The second-order valence-corrected chi connectivity index (χ2v) is 5.25. The highest BCUT2D eigenvalue weighted by Crippen LogP contribution is 2.27. The first kappa shape index (κ1) is 14.0. The molecule has 19 heavy (non-hydrogen) atoms. The van der Waals surface area contributed by atoms with Gasteiger partial charge < -0.3 is 15.2 Å². The fraction of sp³-hybridized carbons (Fsp3) is 0.385. The van der Waals surface area contributed by atoms with Crippen LogP contribution in [0.3, 0.4) is 0 Å². The van der Waals surface area contributed by atoms with Crippen molar-refractivity contribution in [1.82, 2.24) is 0 Å². The van der Waals surface area contributed by atoms with Gasteiger partial charge in [-0.15, -0.1) is 0 Å². The van der Waals surface area contributed by atoms with Gasteiger partial charge in [0.1, 0.15) is 6.10 Å². The Morgan fingerprint density at radius 1 is 1.37 bits per heavy atom. The number of carbonyl (C=O) groups excluding carboxylic acids is 1. The number of halogens is 1. The van der Waals surface area contributed by atoms with E-state index in [1.54, 1.807) is 6.07 Å². The topological polar surface area (TPSA) is 75.6 Å². The molecule has 102 valence electrons. The molecule has 1 aliphatic rings. The van der Waals surface area contributed by atoms with Gasteiger partial charge in [0.25, 0.3) is 5.91 Å².